The number of carbonyl (C=O) groups excluding carboxylic acids is 6. The second-order valence-corrected chi connectivity index (χ2v) is 12.7. The van der Waals surface area contributed by atoms with Crippen molar-refractivity contribution in [2.24, 2.45) is 17.6 Å². The van der Waals surface area contributed by atoms with Crippen molar-refractivity contribution >= 4 is 47.4 Å². The largest absolute Gasteiger partial charge is 0.490 e. The molecule has 0 aromatic rings. The number of unbranched alkanes of at least 4 members (excludes halogenated alkanes) is 3. The molecule has 6 amide bonds. The average molecular weight is 735 g/mol. The van der Waals surface area contributed by atoms with E-state index in [1.54, 1.807) is 13.8 Å². The zero-order chi connectivity index (χ0) is 38.9. The summed E-state index contributed by atoms with van der Waals surface area (Å²) in [5.74, 6) is -6.80. The van der Waals surface area contributed by atoms with Crippen molar-refractivity contribution in [1.29, 1.82) is 0 Å². The SMILES string of the molecule is CC(C)[C@H](NC(=O)CCCCCN1C(=O)C=CC1=O)C(=O)N[C@@H](C)C(=O)N[C@@H](CCCCNC(=O)[C@@H]1CCC[C@@H]1N)C(=O)O.O=C(O)C(F)(F)F. The van der Waals surface area contributed by atoms with Gasteiger partial charge in [0, 0.05) is 37.7 Å². The molecule has 1 saturated carbocycles. The van der Waals surface area contributed by atoms with E-state index in [9.17, 15) is 51.8 Å². The molecule has 288 valence electrons. The molecule has 8 N–H and O–H groups in total. The lowest BCUT2D eigenvalue weighted by atomic mass is 10.0. The van der Waals surface area contributed by atoms with Gasteiger partial charge >= 0.3 is 18.1 Å². The Balaban J connectivity index is 0.00000167. The predicted molar refractivity (Wildman–Crippen MR) is 174 cm³/mol. The fourth-order valence-electron chi connectivity index (χ4n) is 5.22. The summed E-state index contributed by atoms with van der Waals surface area (Å²) in [7, 11) is 0. The van der Waals surface area contributed by atoms with E-state index in [0.29, 0.717) is 38.6 Å². The lowest BCUT2D eigenvalue weighted by Crippen LogP contribution is -2.56. The minimum Gasteiger partial charge on any atom is -0.480 e. The first-order valence-electron chi connectivity index (χ1n) is 16.8. The van der Waals surface area contributed by atoms with Crippen LogP contribution in [0.5, 0.6) is 0 Å². The Kier molecular flexibility index (Phi) is 18.9. The summed E-state index contributed by atoms with van der Waals surface area (Å²) in [4.78, 5) is 95.3. The van der Waals surface area contributed by atoms with Gasteiger partial charge in [-0.25, -0.2) is 9.59 Å². The summed E-state index contributed by atoms with van der Waals surface area (Å²) in [5.41, 5.74) is 5.96. The van der Waals surface area contributed by atoms with Crippen molar-refractivity contribution in [2.75, 3.05) is 13.1 Å². The number of amides is 6. The quantitative estimate of drug-likeness (QED) is 0.0720. The van der Waals surface area contributed by atoms with Crippen LogP contribution in [0, 0.1) is 11.8 Å². The molecule has 0 radical (unpaired) electrons. The smallest absolute Gasteiger partial charge is 0.480 e. The molecule has 51 heavy (non-hydrogen) atoms. The number of alkyl halides is 3. The molecule has 16 nitrogen and oxygen atoms in total. The first-order valence-corrected chi connectivity index (χ1v) is 16.8. The van der Waals surface area contributed by atoms with E-state index in [2.05, 4.69) is 21.3 Å². The van der Waals surface area contributed by atoms with Crippen molar-refractivity contribution < 1.29 is 61.7 Å². The van der Waals surface area contributed by atoms with Crippen LogP contribution >= 0.6 is 0 Å². The maximum atomic E-state index is 12.9. The average Bonchev–Trinajstić information content (AvgIpc) is 3.61. The van der Waals surface area contributed by atoms with Gasteiger partial charge in [0.05, 0.1) is 5.92 Å². The van der Waals surface area contributed by atoms with Gasteiger partial charge in [-0.3, -0.25) is 33.7 Å². The highest BCUT2D eigenvalue weighted by Crippen LogP contribution is 2.24. The Morgan fingerprint density at radius 3 is 2.00 bits per heavy atom. The van der Waals surface area contributed by atoms with Crippen LogP contribution in [0.4, 0.5) is 13.2 Å². The number of hydrogen-bond acceptors (Lipinski definition) is 9. The third-order valence-electron chi connectivity index (χ3n) is 8.19. The summed E-state index contributed by atoms with van der Waals surface area (Å²) in [5, 5.41) is 27.2. The van der Waals surface area contributed by atoms with Crippen LogP contribution in [-0.2, 0) is 38.4 Å². The number of imide groups is 1. The minimum atomic E-state index is -5.08. The highest BCUT2D eigenvalue weighted by Gasteiger charge is 2.38. The summed E-state index contributed by atoms with van der Waals surface area (Å²) in [6.45, 7) is 5.59. The number of carboxylic acids is 2. The van der Waals surface area contributed by atoms with E-state index in [0.717, 1.165) is 24.2 Å². The van der Waals surface area contributed by atoms with Crippen LogP contribution < -0.4 is 27.0 Å². The summed E-state index contributed by atoms with van der Waals surface area (Å²) in [6, 6.07) is -3.26. The molecule has 0 aromatic carbocycles. The normalized spacial score (nSPS) is 18.7. The van der Waals surface area contributed by atoms with Crippen LogP contribution in [0.15, 0.2) is 12.2 Å². The van der Waals surface area contributed by atoms with Crippen molar-refractivity contribution in [1.82, 2.24) is 26.2 Å². The maximum Gasteiger partial charge on any atom is 0.490 e. The molecule has 2 aliphatic rings. The van der Waals surface area contributed by atoms with E-state index in [-0.39, 0.29) is 60.9 Å². The molecule has 0 spiro atoms. The Bertz CT molecular complexity index is 1270. The van der Waals surface area contributed by atoms with E-state index < -0.39 is 48.1 Å². The van der Waals surface area contributed by atoms with Gasteiger partial charge in [-0.2, -0.15) is 13.2 Å². The number of aliphatic carboxylic acids is 2. The van der Waals surface area contributed by atoms with Crippen molar-refractivity contribution in [3.8, 4) is 0 Å². The van der Waals surface area contributed by atoms with E-state index in [1.165, 1.54) is 19.1 Å². The van der Waals surface area contributed by atoms with Crippen molar-refractivity contribution in [3.05, 3.63) is 12.2 Å². The van der Waals surface area contributed by atoms with Gasteiger partial charge in [0.25, 0.3) is 11.8 Å². The summed E-state index contributed by atoms with van der Waals surface area (Å²) < 4.78 is 31.7. The van der Waals surface area contributed by atoms with Gasteiger partial charge in [-0.05, 0) is 57.8 Å². The van der Waals surface area contributed by atoms with Crippen LogP contribution in [0.3, 0.4) is 0 Å². The van der Waals surface area contributed by atoms with Gasteiger partial charge in [-0.15, -0.1) is 0 Å². The van der Waals surface area contributed by atoms with Gasteiger partial charge in [0.1, 0.15) is 18.1 Å². The van der Waals surface area contributed by atoms with Crippen molar-refractivity contribution in [2.45, 2.75) is 115 Å². The third kappa shape index (κ3) is 16.3. The first kappa shape index (κ1) is 44.5. The van der Waals surface area contributed by atoms with Crippen molar-refractivity contribution in [3.63, 3.8) is 0 Å². The first-order chi connectivity index (χ1) is 23.8. The molecule has 0 bridgehead atoms. The molecule has 1 aliphatic carbocycles. The fraction of sp³-hybridized carbons (Fsp3) is 0.688. The van der Waals surface area contributed by atoms with Gasteiger partial charge in [0.15, 0.2) is 0 Å². The van der Waals surface area contributed by atoms with E-state index in [4.69, 9.17) is 15.6 Å². The monoisotopic (exact) mass is 734 g/mol. The number of rotatable bonds is 19. The second kappa shape index (κ2) is 21.6. The molecule has 0 unspecified atom stereocenters. The predicted octanol–water partition coefficient (Wildman–Crippen LogP) is 0.734. The Hall–Kier alpha value is -4.55. The number of nitrogens with two attached hydrogens (primary N) is 1. The highest BCUT2D eigenvalue weighted by molar-refractivity contribution is 6.12. The van der Waals surface area contributed by atoms with Crippen LogP contribution in [0.1, 0.15) is 85.0 Å². The van der Waals surface area contributed by atoms with E-state index in [1.807, 2.05) is 0 Å². The number of carboxylic acid groups (broad SMARTS) is 2. The number of nitrogens with one attached hydrogen (secondary N) is 4. The number of carbonyl (C=O) groups is 8. The molecule has 0 aromatic heterocycles. The van der Waals surface area contributed by atoms with Crippen LogP contribution in [0.2, 0.25) is 0 Å². The van der Waals surface area contributed by atoms with Gasteiger partial charge in [0.2, 0.25) is 23.6 Å². The minimum absolute atomic E-state index is 0.0816. The standard InChI is InChI=1S/C30H48N6O8.C2HF3O2/c1-18(2)26(35-23(37)13-5-4-8-17-36-24(38)14-15-25(36)39)29(42)33-19(3)27(40)34-22(30(43)44)12-6-7-16-32-28(41)20-10-9-11-21(20)31;3-2(4,5)1(6)7/h14-15,18-22,26H,4-13,16-17,31H2,1-3H3,(H,32,41)(H,33,42)(H,34,40)(H,35,37)(H,43,44);(H,6,7)/t19-,20+,21-,22-,26-;/m0./s1. The molecule has 2 rings (SSSR count). The van der Waals surface area contributed by atoms with Crippen LogP contribution in [-0.4, -0.2) is 106 Å². The van der Waals surface area contributed by atoms with Gasteiger partial charge < -0.3 is 37.2 Å². The molecule has 19 heteroatoms. The number of hydrogen-bond donors (Lipinski definition) is 7. The van der Waals surface area contributed by atoms with Gasteiger partial charge in [-0.1, -0.05) is 26.7 Å². The Morgan fingerprint density at radius 1 is 0.882 bits per heavy atom. The molecular weight excluding hydrogens is 685 g/mol. The lowest BCUT2D eigenvalue weighted by molar-refractivity contribution is -0.192. The summed E-state index contributed by atoms with van der Waals surface area (Å²) >= 11 is 0. The maximum absolute atomic E-state index is 12.9. The lowest BCUT2D eigenvalue weighted by Gasteiger charge is -2.24. The third-order valence-corrected chi connectivity index (χ3v) is 8.19. The summed E-state index contributed by atoms with van der Waals surface area (Å²) in [6.07, 6.45) is 2.82. The highest BCUT2D eigenvalue weighted by atomic mass is 19.4. The Morgan fingerprint density at radius 2 is 1.49 bits per heavy atom. The Labute approximate surface area is 293 Å². The van der Waals surface area contributed by atoms with Crippen LogP contribution in [0.25, 0.3) is 0 Å². The number of nitrogens with zero attached hydrogens (tertiary/aromatic N) is 1. The topological polar surface area (TPSA) is 254 Å². The second-order valence-electron chi connectivity index (χ2n) is 12.7. The molecule has 1 aliphatic heterocycles. The molecular formula is C32H49F3N6O10. The fourth-order valence-corrected chi connectivity index (χ4v) is 5.22. The molecule has 1 heterocycles. The zero-order valence-electron chi connectivity index (χ0n) is 28.9. The molecule has 0 saturated heterocycles. The molecule has 5 atom stereocenters. The van der Waals surface area contributed by atoms with E-state index >= 15 is 0 Å². The zero-order valence-corrected chi connectivity index (χ0v) is 28.9. The molecule has 1 fully saturated rings. The number of halogens is 3.